The lowest BCUT2D eigenvalue weighted by atomic mass is 10.1. The maximum Gasteiger partial charge on any atom is 0.159 e. The van der Waals surface area contributed by atoms with Crippen LogP contribution in [0.15, 0.2) is 34.9 Å². The molecule has 1 aromatic carbocycles. The normalized spacial score (nSPS) is 10.1. The minimum absolute atomic E-state index is 0.295. The van der Waals surface area contributed by atoms with E-state index in [1.807, 2.05) is 6.07 Å². The number of hydrogen-bond donors (Lipinski definition) is 0. The molecule has 1 aromatic heterocycles. The average Bonchev–Trinajstić information content (AvgIpc) is 2.34. The van der Waals surface area contributed by atoms with Crippen molar-refractivity contribution in [3.8, 4) is 6.07 Å². The fourth-order valence-electron chi connectivity index (χ4n) is 1.54. The highest BCUT2D eigenvalue weighted by molar-refractivity contribution is 9.10. The largest absolute Gasteiger partial charge is 0.244 e. The maximum atomic E-state index is 13.0. The molecule has 90 valence electrons. The molecule has 0 aliphatic rings. The van der Waals surface area contributed by atoms with Gasteiger partial charge in [0.15, 0.2) is 17.3 Å². The quantitative estimate of drug-likeness (QED) is 0.850. The molecule has 1 heterocycles. The van der Waals surface area contributed by atoms with E-state index in [1.165, 1.54) is 6.07 Å². The first kappa shape index (κ1) is 12.7. The smallest absolute Gasteiger partial charge is 0.159 e. The Kier molecular flexibility index (Phi) is 3.68. The molecular formula is C13H7BrF2N2. The van der Waals surface area contributed by atoms with Crippen LogP contribution in [-0.2, 0) is 6.42 Å². The zero-order valence-electron chi connectivity index (χ0n) is 9.12. The first-order chi connectivity index (χ1) is 8.60. The van der Waals surface area contributed by atoms with Crippen LogP contribution in [0.3, 0.4) is 0 Å². The van der Waals surface area contributed by atoms with Crippen LogP contribution in [0.4, 0.5) is 8.78 Å². The Morgan fingerprint density at radius 1 is 1.17 bits per heavy atom. The summed E-state index contributed by atoms with van der Waals surface area (Å²) < 4.78 is 26.4. The number of nitrogens with zero attached hydrogens (tertiary/aromatic N) is 2. The average molecular weight is 309 g/mol. The number of rotatable bonds is 2. The molecule has 2 nitrogen and oxygen atoms in total. The van der Waals surface area contributed by atoms with Crippen molar-refractivity contribution in [1.29, 1.82) is 5.26 Å². The number of halogens is 3. The van der Waals surface area contributed by atoms with Gasteiger partial charge in [-0.05, 0) is 51.7 Å². The second kappa shape index (κ2) is 5.23. The third-order valence-corrected chi connectivity index (χ3v) is 3.00. The molecule has 0 unspecified atom stereocenters. The Balaban J connectivity index is 2.26. The summed E-state index contributed by atoms with van der Waals surface area (Å²) in [5.74, 6) is -1.73. The lowest BCUT2D eigenvalue weighted by Gasteiger charge is -2.03. The van der Waals surface area contributed by atoms with Crippen LogP contribution in [0.5, 0.6) is 0 Å². The van der Waals surface area contributed by atoms with Crippen LogP contribution >= 0.6 is 15.9 Å². The number of nitriles is 1. The summed E-state index contributed by atoms with van der Waals surface area (Å²) in [5, 5.41) is 8.73. The van der Waals surface area contributed by atoms with Gasteiger partial charge >= 0.3 is 0 Å². The molecular weight excluding hydrogens is 302 g/mol. The van der Waals surface area contributed by atoms with Gasteiger partial charge in [-0.15, -0.1) is 0 Å². The molecule has 0 aliphatic carbocycles. The zero-order chi connectivity index (χ0) is 13.1. The van der Waals surface area contributed by atoms with Crippen molar-refractivity contribution < 1.29 is 8.78 Å². The van der Waals surface area contributed by atoms with Crippen LogP contribution < -0.4 is 0 Å². The molecule has 2 aromatic rings. The Hall–Kier alpha value is -1.80. The van der Waals surface area contributed by atoms with E-state index in [1.54, 1.807) is 12.3 Å². The van der Waals surface area contributed by atoms with Crippen LogP contribution in [0, 0.1) is 23.0 Å². The Morgan fingerprint density at radius 3 is 2.56 bits per heavy atom. The zero-order valence-corrected chi connectivity index (χ0v) is 10.7. The summed E-state index contributed by atoms with van der Waals surface area (Å²) in [4.78, 5) is 3.96. The lowest BCUT2D eigenvalue weighted by Crippen LogP contribution is -1.94. The van der Waals surface area contributed by atoms with E-state index in [0.717, 1.165) is 17.7 Å². The first-order valence-electron chi connectivity index (χ1n) is 5.08. The fourth-order valence-corrected chi connectivity index (χ4v) is 2.03. The van der Waals surface area contributed by atoms with Crippen molar-refractivity contribution in [2.75, 3.05) is 0 Å². The van der Waals surface area contributed by atoms with Gasteiger partial charge in [0.2, 0.25) is 0 Å². The lowest BCUT2D eigenvalue weighted by molar-refractivity contribution is 0.507. The van der Waals surface area contributed by atoms with E-state index in [0.29, 0.717) is 22.2 Å². The third kappa shape index (κ3) is 2.71. The van der Waals surface area contributed by atoms with Crippen molar-refractivity contribution >= 4 is 15.9 Å². The standard InChI is InChI=1S/C13H7BrF2N2/c14-10-4-9(7-18-13(10)6-17)3-8-1-2-11(15)12(16)5-8/h1-2,4-5,7H,3H2. The van der Waals surface area contributed by atoms with Gasteiger partial charge in [-0.1, -0.05) is 6.07 Å². The van der Waals surface area contributed by atoms with Gasteiger partial charge in [-0.2, -0.15) is 5.26 Å². The SMILES string of the molecule is N#Cc1ncc(Cc2ccc(F)c(F)c2)cc1Br. The minimum atomic E-state index is -0.867. The van der Waals surface area contributed by atoms with Gasteiger partial charge in [-0.25, -0.2) is 13.8 Å². The van der Waals surface area contributed by atoms with Crippen molar-refractivity contribution in [3.63, 3.8) is 0 Å². The summed E-state index contributed by atoms with van der Waals surface area (Å²) in [6.07, 6.45) is 1.97. The summed E-state index contributed by atoms with van der Waals surface area (Å²) in [5.41, 5.74) is 1.75. The molecule has 18 heavy (non-hydrogen) atoms. The van der Waals surface area contributed by atoms with Gasteiger partial charge in [-0.3, -0.25) is 0 Å². The summed E-state index contributed by atoms with van der Waals surface area (Å²) in [6, 6.07) is 7.44. The van der Waals surface area contributed by atoms with E-state index in [4.69, 9.17) is 5.26 Å². The minimum Gasteiger partial charge on any atom is -0.244 e. The van der Waals surface area contributed by atoms with E-state index in [-0.39, 0.29) is 0 Å². The van der Waals surface area contributed by atoms with Gasteiger partial charge in [0.05, 0.1) is 4.47 Å². The molecule has 5 heteroatoms. The molecule has 0 atom stereocenters. The first-order valence-corrected chi connectivity index (χ1v) is 5.88. The summed E-state index contributed by atoms with van der Waals surface area (Å²) >= 11 is 3.23. The number of benzene rings is 1. The van der Waals surface area contributed by atoms with E-state index in [2.05, 4.69) is 20.9 Å². The molecule has 0 saturated heterocycles. The predicted octanol–water partition coefficient (Wildman–Crippen LogP) is 3.58. The number of aromatic nitrogens is 1. The maximum absolute atomic E-state index is 13.0. The highest BCUT2D eigenvalue weighted by Gasteiger charge is 2.06. The van der Waals surface area contributed by atoms with Crippen molar-refractivity contribution in [3.05, 3.63) is 63.4 Å². The van der Waals surface area contributed by atoms with Crippen LogP contribution in [-0.4, -0.2) is 4.98 Å². The van der Waals surface area contributed by atoms with Crippen molar-refractivity contribution in [2.24, 2.45) is 0 Å². The second-order valence-electron chi connectivity index (χ2n) is 3.71. The monoisotopic (exact) mass is 308 g/mol. The molecule has 0 aliphatic heterocycles. The number of hydrogen-bond acceptors (Lipinski definition) is 2. The third-order valence-electron chi connectivity index (χ3n) is 2.40. The van der Waals surface area contributed by atoms with Crippen LogP contribution in [0.25, 0.3) is 0 Å². The number of pyridine rings is 1. The summed E-state index contributed by atoms with van der Waals surface area (Å²) in [6.45, 7) is 0. The van der Waals surface area contributed by atoms with Crippen LogP contribution in [0.2, 0.25) is 0 Å². The summed E-state index contributed by atoms with van der Waals surface area (Å²) in [7, 11) is 0. The Labute approximate surface area is 111 Å². The molecule has 0 spiro atoms. The topological polar surface area (TPSA) is 36.7 Å². The molecule has 0 N–H and O–H groups in total. The van der Waals surface area contributed by atoms with Gasteiger partial charge in [0.25, 0.3) is 0 Å². The molecule has 0 amide bonds. The highest BCUT2D eigenvalue weighted by atomic mass is 79.9. The molecule has 2 rings (SSSR count). The molecule has 0 fully saturated rings. The van der Waals surface area contributed by atoms with Gasteiger partial charge in [0, 0.05) is 6.20 Å². The second-order valence-corrected chi connectivity index (χ2v) is 4.57. The molecule has 0 bridgehead atoms. The Bertz CT molecular complexity index is 635. The highest BCUT2D eigenvalue weighted by Crippen LogP contribution is 2.18. The van der Waals surface area contributed by atoms with Crippen molar-refractivity contribution in [2.45, 2.75) is 6.42 Å². The predicted molar refractivity (Wildman–Crippen MR) is 65.8 cm³/mol. The fraction of sp³-hybridized carbons (Fsp3) is 0.0769. The van der Waals surface area contributed by atoms with Crippen LogP contribution in [0.1, 0.15) is 16.8 Å². The Morgan fingerprint density at radius 2 is 1.94 bits per heavy atom. The van der Waals surface area contributed by atoms with Gasteiger partial charge in [0.1, 0.15) is 6.07 Å². The molecule has 0 radical (unpaired) electrons. The van der Waals surface area contributed by atoms with E-state index < -0.39 is 11.6 Å². The van der Waals surface area contributed by atoms with E-state index >= 15 is 0 Å². The van der Waals surface area contributed by atoms with Crippen molar-refractivity contribution in [1.82, 2.24) is 4.98 Å². The van der Waals surface area contributed by atoms with E-state index in [9.17, 15) is 8.78 Å². The van der Waals surface area contributed by atoms with Gasteiger partial charge < -0.3 is 0 Å². The molecule has 0 saturated carbocycles.